The van der Waals surface area contributed by atoms with E-state index in [1.807, 2.05) is 24.3 Å². The Hall–Kier alpha value is -4.38. The molecule has 0 saturated carbocycles. The quantitative estimate of drug-likeness (QED) is 0.275. The number of sulfonamides is 1. The largest absolute Gasteiger partial charge is 0.465 e. The molecule has 234 valence electrons. The first-order valence-electron chi connectivity index (χ1n) is 14.8. The molecule has 45 heavy (non-hydrogen) atoms. The molecule has 0 unspecified atom stereocenters. The van der Waals surface area contributed by atoms with Gasteiger partial charge in [0.05, 0.1) is 60.3 Å². The molecule has 11 nitrogen and oxygen atoms in total. The Kier molecular flexibility index (Phi) is 8.80. The fraction of sp³-hybridized carbons (Fsp3) is 0.375. The van der Waals surface area contributed by atoms with Gasteiger partial charge in [-0.25, -0.2) is 22.6 Å². The second-order valence-electron chi connectivity index (χ2n) is 11.4. The predicted molar refractivity (Wildman–Crippen MR) is 163 cm³/mol. The van der Waals surface area contributed by atoms with Crippen LogP contribution in [0.1, 0.15) is 58.2 Å². The lowest BCUT2D eigenvalue weighted by Gasteiger charge is -2.32. The van der Waals surface area contributed by atoms with E-state index in [0.29, 0.717) is 18.7 Å². The van der Waals surface area contributed by atoms with Crippen molar-refractivity contribution in [3.63, 3.8) is 0 Å². The average Bonchev–Trinajstić information content (AvgIpc) is 3.35. The third-order valence-corrected chi connectivity index (χ3v) is 9.53. The summed E-state index contributed by atoms with van der Waals surface area (Å²) in [4.78, 5) is 22.6. The maximum absolute atomic E-state index is 14.3. The minimum atomic E-state index is -4.03. The highest BCUT2D eigenvalue weighted by atomic mass is 32.2. The highest BCUT2D eigenvalue weighted by Crippen LogP contribution is 2.28. The van der Waals surface area contributed by atoms with E-state index in [2.05, 4.69) is 18.8 Å². The number of methoxy groups -OCH3 is 1. The summed E-state index contributed by atoms with van der Waals surface area (Å²) in [6.07, 6.45) is 2.80. The summed E-state index contributed by atoms with van der Waals surface area (Å²) in [6, 6.07) is 16.2. The number of hydrogen-bond acceptors (Lipinski definition) is 8. The highest BCUT2D eigenvalue weighted by molar-refractivity contribution is 7.89. The summed E-state index contributed by atoms with van der Waals surface area (Å²) in [5, 5.41) is 8.92. The minimum absolute atomic E-state index is 0.0427. The smallest absolute Gasteiger partial charge is 0.337 e. The van der Waals surface area contributed by atoms with Crippen molar-refractivity contribution >= 4 is 27.0 Å². The number of aromatic amines is 1. The van der Waals surface area contributed by atoms with E-state index in [9.17, 15) is 17.6 Å². The Morgan fingerprint density at radius 1 is 1.18 bits per heavy atom. The van der Waals surface area contributed by atoms with E-state index < -0.39 is 21.6 Å². The number of nitrogens with one attached hydrogen (secondary N) is 1. The maximum Gasteiger partial charge on any atom is 0.337 e. The van der Waals surface area contributed by atoms with Crippen LogP contribution in [0.2, 0.25) is 0 Å². The lowest BCUT2D eigenvalue weighted by molar-refractivity contribution is -0.0592. The number of H-pyrrole nitrogens is 1. The van der Waals surface area contributed by atoms with Crippen molar-refractivity contribution in [3.8, 4) is 6.07 Å². The van der Waals surface area contributed by atoms with Crippen LogP contribution >= 0.6 is 0 Å². The molecule has 0 aliphatic carbocycles. The first-order chi connectivity index (χ1) is 21.7. The van der Waals surface area contributed by atoms with E-state index in [4.69, 9.17) is 19.7 Å². The van der Waals surface area contributed by atoms with Crippen LogP contribution in [0.25, 0.3) is 11.0 Å². The number of nitrogens with zero attached hydrogens (tertiary/aromatic N) is 5. The van der Waals surface area contributed by atoms with Gasteiger partial charge in [-0.05, 0) is 74.8 Å². The SMILES string of the molecule is COC(=O)c1ccc2nc(CN3CCC(c4cccc(=NS(=O)(=O)Cc5ccc(C#N)cc5F)[nH]4)CC3)n(C[C@@H]3CCO3)c2c1. The molecule has 0 amide bonds. The maximum atomic E-state index is 14.3. The molecule has 2 aromatic heterocycles. The molecule has 2 aliphatic heterocycles. The molecule has 13 heteroatoms. The number of piperidine rings is 1. The number of imidazole rings is 1. The summed E-state index contributed by atoms with van der Waals surface area (Å²) in [5.74, 6) is -0.658. The van der Waals surface area contributed by atoms with Crippen LogP contribution in [0.15, 0.2) is 59.0 Å². The summed E-state index contributed by atoms with van der Waals surface area (Å²) in [6.45, 7) is 3.68. The zero-order valence-electron chi connectivity index (χ0n) is 24.8. The second-order valence-corrected chi connectivity index (χ2v) is 13.0. The van der Waals surface area contributed by atoms with Gasteiger partial charge in [-0.3, -0.25) is 4.90 Å². The number of fused-ring (bicyclic) bond motifs is 1. The Bertz CT molecular complexity index is 1950. The zero-order chi connectivity index (χ0) is 31.6. The molecule has 4 heterocycles. The number of esters is 1. The van der Waals surface area contributed by atoms with Gasteiger partial charge in [-0.1, -0.05) is 12.1 Å². The van der Waals surface area contributed by atoms with E-state index in [1.54, 1.807) is 18.2 Å². The normalized spacial score (nSPS) is 18.1. The lowest BCUT2D eigenvalue weighted by atomic mass is 9.93. The van der Waals surface area contributed by atoms with Crippen molar-refractivity contribution in [3.05, 3.63) is 94.1 Å². The van der Waals surface area contributed by atoms with Crippen molar-refractivity contribution < 1.29 is 27.1 Å². The van der Waals surface area contributed by atoms with Crippen molar-refractivity contribution in [2.75, 3.05) is 26.8 Å². The zero-order valence-corrected chi connectivity index (χ0v) is 25.6. The van der Waals surface area contributed by atoms with Crippen LogP contribution in [0, 0.1) is 17.1 Å². The molecule has 2 aliphatic rings. The molecule has 4 aromatic rings. The number of pyridine rings is 1. The fourth-order valence-electron chi connectivity index (χ4n) is 5.85. The molecule has 6 rings (SSSR count). The van der Waals surface area contributed by atoms with Gasteiger partial charge >= 0.3 is 5.97 Å². The number of carbonyl (C=O) groups is 1. The van der Waals surface area contributed by atoms with Crippen molar-refractivity contribution in [1.29, 1.82) is 5.26 Å². The van der Waals surface area contributed by atoms with Crippen LogP contribution in [0.4, 0.5) is 4.39 Å². The van der Waals surface area contributed by atoms with Gasteiger partial charge < -0.3 is 19.0 Å². The molecule has 1 atom stereocenters. The number of likely N-dealkylation sites (tertiary alicyclic amines) is 1. The first-order valence-corrected chi connectivity index (χ1v) is 16.4. The molecule has 0 radical (unpaired) electrons. The van der Waals surface area contributed by atoms with E-state index >= 15 is 0 Å². The van der Waals surface area contributed by atoms with Crippen LogP contribution in [0.5, 0.6) is 0 Å². The average molecular weight is 633 g/mol. The Labute approximate surface area is 260 Å². The van der Waals surface area contributed by atoms with Crippen molar-refractivity contribution in [1.82, 2.24) is 19.4 Å². The number of ether oxygens (including phenoxy) is 2. The Morgan fingerprint density at radius 3 is 2.67 bits per heavy atom. The van der Waals surface area contributed by atoms with Gasteiger partial charge in [-0.2, -0.15) is 5.26 Å². The van der Waals surface area contributed by atoms with Gasteiger partial charge in [0.2, 0.25) is 0 Å². The standard InChI is InChI=1S/C32H33FN6O5S/c1-43-32(40)23-7-8-28-29(16-23)39(18-25-11-14-44-25)31(36-28)19-38-12-9-22(10-13-38)27-3-2-4-30(35-27)37-45(41,42)20-24-6-5-21(17-34)15-26(24)33/h2-8,15-16,22,25H,9-14,18-20H2,1H3,(H,35,37)/t25-/m0/s1. The van der Waals surface area contributed by atoms with Crippen LogP contribution in [0.3, 0.4) is 0 Å². The molecule has 2 fully saturated rings. The van der Waals surface area contributed by atoms with Crippen molar-refractivity contribution in [2.24, 2.45) is 4.40 Å². The molecule has 2 saturated heterocycles. The number of aromatic nitrogens is 3. The number of rotatable bonds is 9. The van der Waals surface area contributed by atoms with Gasteiger partial charge in [0.25, 0.3) is 10.0 Å². The third kappa shape index (κ3) is 6.98. The molecule has 1 N–H and O–H groups in total. The summed E-state index contributed by atoms with van der Waals surface area (Å²) in [7, 11) is -2.66. The van der Waals surface area contributed by atoms with Gasteiger partial charge in [0.1, 0.15) is 17.1 Å². The summed E-state index contributed by atoms with van der Waals surface area (Å²) >= 11 is 0. The molecular weight excluding hydrogens is 599 g/mol. The summed E-state index contributed by atoms with van der Waals surface area (Å²) < 4.78 is 56.5. The predicted octanol–water partition coefficient (Wildman–Crippen LogP) is 3.76. The monoisotopic (exact) mass is 632 g/mol. The first kappa shape index (κ1) is 30.6. The van der Waals surface area contributed by atoms with E-state index in [-0.39, 0.29) is 34.6 Å². The minimum Gasteiger partial charge on any atom is -0.465 e. The topological polar surface area (TPSA) is 143 Å². The van der Waals surface area contributed by atoms with E-state index in [0.717, 1.165) is 67.6 Å². The van der Waals surface area contributed by atoms with Crippen molar-refractivity contribution in [2.45, 2.75) is 50.1 Å². The molecule has 0 bridgehead atoms. The Morgan fingerprint density at radius 2 is 1.98 bits per heavy atom. The molecule has 0 spiro atoms. The number of nitriles is 1. The van der Waals surface area contributed by atoms with E-state index in [1.165, 1.54) is 19.2 Å². The fourth-order valence-corrected chi connectivity index (χ4v) is 6.95. The highest BCUT2D eigenvalue weighted by Gasteiger charge is 2.26. The number of halogens is 1. The number of benzene rings is 2. The Balaban J connectivity index is 1.14. The number of carbonyl (C=O) groups excluding carboxylic acids is 1. The third-order valence-electron chi connectivity index (χ3n) is 8.38. The second kappa shape index (κ2) is 12.9. The van der Waals surface area contributed by atoms with Crippen LogP contribution in [-0.2, 0) is 38.3 Å². The van der Waals surface area contributed by atoms with Gasteiger partial charge in [0, 0.05) is 23.8 Å². The van der Waals surface area contributed by atoms with Gasteiger partial charge in [-0.15, -0.1) is 4.40 Å². The van der Waals surface area contributed by atoms with Gasteiger partial charge in [0.15, 0.2) is 0 Å². The van der Waals surface area contributed by atoms with Crippen LogP contribution in [-0.4, -0.2) is 66.7 Å². The number of hydrogen-bond donors (Lipinski definition) is 1. The lowest BCUT2D eigenvalue weighted by Crippen LogP contribution is -2.35. The molecule has 2 aromatic carbocycles. The van der Waals surface area contributed by atoms with Crippen LogP contribution < -0.4 is 5.49 Å². The summed E-state index contributed by atoms with van der Waals surface area (Å²) in [5.41, 5.74) is 3.33. The molecular formula is C32H33FN6O5S.